The van der Waals surface area contributed by atoms with Crippen LogP contribution in [-0.2, 0) is 14.3 Å². The third kappa shape index (κ3) is 4.31. The maximum atomic E-state index is 12.3. The molecule has 0 aromatic heterocycles. The van der Waals surface area contributed by atoms with E-state index in [1.807, 2.05) is 0 Å². The quantitative estimate of drug-likeness (QED) is 0.509. The maximum Gasteiger partial charge on any atom is 0.350 e. The molecule has 1 fully saturated rings. The van der Waals surface area contributed by atoms with Crippen LogP contribution in [0.15, 0.2) is 36.0 Å². The fraction of sp³-hybridized carbons (Fsp3) is 0.312. The predicted molar refractivity (Wildman–Crippen MR) is 82.5 cm³/mol. The standard InChI is InChI=1S/C16H17N3O4/c1-22-16(21)13(10-17)11-18-14-4-2-12(3-5-14)15(20)19-6-8-23-9-7-19/h2-5,11,18H,6-9H2,1H3/b13-11-. The number of benzene rings is 1. The van der Waals surface area contributed by atoms with Gasteiger partial charge in [0.15, 0.2) is 5.57 Å². The van der Waals surface area contributed by atoms with Crippen molar-refractivity contribution >= 4 is 17.6 Å². The van der Waals surface area contributed by atoms with Gasteiger partial charge in [-0.1, -0.05) is 0 Å². The summed E-state index contributed by atoms with van der Waals surface area (Å²) in [5.41, 5.74) is 1.09. The first kappa shape index (κ1) is 16.5. The molecule has 7 nitrogen and oxygen atoms in total. The Kier molecular flexibility index (Phi) is 5.72. The van der Waals surface area contributed by atoms with Gasteiger partial charge in [-0.05, 0) is 24.3 Å². The summed E-state index contributed by atoms with van der Waals surface area (Å²) in [4.78, 5) is 25.3. The molecule has 1 aromatic rings. The molecule has 7 heteroatoms. The zero-order valence-corrected chi connectivity index (χ0v) is 12.7. The molecule has 1 aliphatic heterocycles. The van der Waals surface area contributed by atoms with E-state index >= 15 is 0 Å². The van der Waals surface area contributed by atoms with Gasteiger partial charge in [0.1, 0.15) is 6.07 Å². The van der Waals surface area contributed by atoms with E-state index in [0.29, 0.717) is 37.6 Å². The molecule has 1 aliphatic rings. The van der Waals surface area contributed by atoms with Crippen LogP contribution in [0.3, 0.4) is 0 Å². The number of amides is 1. The number of hydrogen-bond donors (Lipinski definition) is 1. The van der Waals surface area contributed by atoms with Gasteiger partial charge in [-0.15, -0.1) is 0 Å². The number of rotatable bonds is 4. The lowest BCUT2D eigenvalue weighted by Gasteiger charge is -2.26. The van der Waals surface area contributed by atoms with E-state index in [9.17, 15) is 9.59 Å². The topological polar surface area (TPSA) is 91.7 Å². The minimum Gasteiger partial charge on any atom is -0.465 e. The summed E-state index contributed by atoms with van der Waals surface area (Å²) in [5, 5.41) is 11.7. The van der Waals surface area contributed by atoms with Gasteiger partial charge in [-0.2, -0.15) is 5.26 Å². The van der Waals surface area contributed by atoms with Gasteiger partial charge >= 0.3 is 5.97 Å². The van der Waals surface area contributed by atoms with Crippen LogP contribution in [0, 0.1) is 11.3 Å². The molecule has 23 heavy (non-hydrogen) atoms. The van der Waals surface area contributed by atoms with Crippen LogP contribution in [0.25, 0.3) is 0 Å². The molecular formula is C16H17N3O4. The van der Waals surface area contributed by atoms with Crippen molar-refractivity contribution in [2.75, 3.05) is 38.7 Å². The number of carbonyl (C=O) groups is 2. The summed E-state index contributed by atoms with van der Waals surface area (Å²) in [5.74, 6) is -0.748. The van der Waals surface area contributed by atoms with E-state index in [0.717, 1.165) is 0 Å². The highest BCUT2D eigenvalue weighted by molar-refractivity contribution is 5.95. The van der Waals surface area contributed by atoms with Gasteiger partial charge in [0.25, 0.3) is 5.91 Å². The number of anilines is 1. The van der Waals surface area contributed by atoms with Crippen LogP contribution in [0.1, 0.15) is 10.4 Å². The van der Waals surface area contributed by atoms with Crippen molar-refractivity contribution in [3.8, 4) is 6.07 Å². The van der Waals surface area contributed by atoms with Crippen LogP contribution in [-0.4, -0.2) is 50.2 Å². The van der Waals surface area contributed by atoms with Gasteiger partial charge in [-0.3, -0.25) is 4.79 Å². The third-order valence-electron chi connectivity index (χ3n) is 3.34. The van der Waals surface area contributed by atoms with Crippen LogP contribution in [0.5, 0.6) is 0 Å². The fourth-order valence-corrected chi connectivity index (χ4v) is 2.06. The first-order chi connectivity index (χ1) is 11.2. The number of hydrogen-bond acceptors (Lipinski definition) is 6. The molecule has 0 unspecified atom stereocenters. The third-order valence-corrected chi connectivity index (χ3v) is 3.34. The second-order valence-corrected chi connectivity index (χ2v) is 4.79. The smallest absolute Gasteiger partial charge is 0.350 e. The Morgan fingerprint density at radius 3 is 2.52 bits per heavy atom. The van der Waals surface area contributed by atoms with Crippen LogP contribution < -0.4 is 5.32 Å². The van der Waals surface area contributed by atoms with E-state index in [4.69, 9.17) is 10.00 Å². The summed E-state index contributed by atoms with van der Waals surface area (Å²) in [7, 11) is 1.21. The molecule has 0 spiro atoms. The van der Waals surface area contributed by atoms with Crippen molar-refractivity contribution < 1.29 is 19.1 Å². The first-order valence-corrected chi connectivity index (χ1v) is 7.08. The summed E-state index contributed by atoms with van der Waals surface area (Å²) in [6.07, 6.45) is 1.27. The van der Waals surface area contributed by atoms with Crippen LogP contribution >= 0.6 is 0 Å². The van der Waals surface area contributed by atoms with E-state index in [1.54, 1.807) is 35.2 Å². The average molecular weight is 315 g/mol. The Morgan fingerprint density at radius 1 is 1.30 bits per heavy atom. The van der Waals surface area contributed by atoms with Crippen molar-refractivity contribution in [3.63, 3.8) is 0 Å². The molecule has 1 saturated heterocycles. The summed E-state index contributed by atoms with van der Waals surface area (Å²) in [6, 6.07) is 8.54. The van der Waals surface area contributed by atoms with Crippen LogP contribution in [0.4, 0.5) is 5.69 Å². The van der Waals surface area contributed by atoms with E-state index in [2.05, 4.69) is 10.1 Å². The molecule has 0 saturated carbocycles. The van der Waals surface area contributed by atoms with Crippen molar-refractivity contribution in [2.24, 2.45) is 0 Å². The lowest BCUT2D eigenvalue weighted by molar-refractivity contribution is -0.135. The second kappa shape index (κ2) is 7.96. The zero-order valence-electron chi connectivity index (χ0n) is 12.7. The molecule has 1 N–H and O–H groups in total. The van der Waals surface area contributed by atoms with E-state index in [1.165, 1.54) is 13.3 Å². The first-order valence-electron chi connectivity index (χ1n) is 7.08. The maximum absolute atomic E-state index is 12.3. The van der Waals surface area contributed by atoms with Crippen molar-refractivity contribution in [1.82, 2.24) is 4.90 Å². The predicted octanol–water partition coefficient (Wildman–Crippen LogP) is 1.15. The monoisotopic (exact) mass is 315 g/mol. The molecule has 120 valence electrons. The molecule has 1 heterocycles. The SMILES string of the molecule is COC(=O)/C(C#N)=C\Nc1ccc(C(=O)N2CCOCC2)cc1. The molecule has 2 rings (SSSR count). The number of ether oxygens (including phenoxy) is 2. The van der Waals surface area contributed by atoms with Crippen molar-refractivity contribution in [3.05, 3.63) is 41.6 Å². The van der Waals surface area contributed by atoms with Gasteiger partial charge in [0.2, 0.25) is 0 Å². The highest BCUT2D eigenvalue weighted by atomic mass is 16.5. The molecule has 1 amide bonds. The van der Waals surface area contributed by atoms with Crippen LogP contribution in [0.2, 0.25) is 0 Å². The Labute approximate surface area is 134 Å². The molecule has 0 aliphatic carbocycles. The number of esters is 1. The lowest BCUT2D eigenvalue weighted by Crippen LogP contribution is -2.40. The summed E-state index contributed by atoms with van der Waals surface area (Å²) >= 11 is 0. The number of nitrogens with zero attached hydrogens (tertiary/aromatic N) is 2. The Hall–Kier alpha value is -2.85. The second-order valence-electron chi connectivity index (χ2n) is 4.79. The van der Waals surface area contributed by atoms with Crippen molar-refractivity contribution in [2.45, 2.75) is 0 Å². The fourth-order valence-electron chi connectivity index (χ4n) is 2.06. The van der Waals surface area contributed by atoms with Gasteiger partial charge in [0, 0.05) is 30.5 Å². The van der Waals surface area contributed by atoms with Gasteiger partial charge < -0.3 is 19.7 Å². The lowest BCUT2D eigenvalue weighted by atomic mass is 10.1. The van der Waals surface area contributed by atoms with E-state index in [-0.39, 0.29) is 11.5 Å². The Balaban J connectivity index is 2.02. The number of nitriles is 1. The largest absolute Gasteiger partial charge is 0.465 e. The normalized spacial score (nSPS) is 14.8. The molecule has 0 atom stereocenters. The Morgan fingerprint density at radius 2 is 1.96 bits per heavy atom. The number of methoxy groups -OCH3 is 1. The molecule has 0 bridgehead atoms. The average Bonchev–Trinajstić information content (AvgIpc) is 2.62. The van der Waals surface area contributed by atoms with Crippen molar-refractivity contribution in [1.29, 1.82) is 5.26 Å². The molecule has 1 aromatic carbocycles. The zero-order chi connectivity index (χ0) is 16.7. The minimum atomic E-state index is -0.709. The van der Waals surface area contributed by atoms with Gasteiger partial charge in [-0.25, -0.2) is 4.79 Å². The summed E-state index contributed by atoms with van der Waals surface area (Å²) < 4.78 is 9.70. The molecule has 0 radical (unpaired) electrons. The Bertz CT molecular complexity index is 640. The van der Waals surface area contributed by atoms with E-state index < -0.39 is 5.97 Å². The number of nitrogens with one attached hydrogen (secondary N) is 1. The van der Waals surface area contributed by atoms with Gasteiger partial charge in [0.05, 0.1) is 20.3 Å². The summed E-state index contributed by atoms with van der Waals surface area (Å²) in [6.45, 7) is 2.29. The number of carbonyl (C=O) groups excluding carboxylic acids is 2. The highest BCUT2D eigenvalue weighted by Crippen LogP contribution is 2.13. The minimum absolute atomic E-state index is 0.0392. The number of morpholine rings is 1. The molecular weight excluding hydrogens is 298 g/mol. The highest BCUT2D eigenvalue weighted by Gasteiger charge is 2.18.